The van der Waals surface area contributed by atoms with Crippen LogP contribution in [0.5, 0.6) is 0 Å². The smallest absolute Gasteiger partial charge is 0.308 e. The zero-order valence-electron chi connectivity index (χ0n) is 10.4. The lowest BCUT2D eigenvalue weighted by atomic mass is 10.2. The lowest BCUT2D eigenvalue weighted by molar-refractivity contribution is 0.213. The van der Waals surface area contributed by atoms with Gasteiger partial charge in [-0.25, -0.2) is 0 Å². The second-order valence-corrected chi connectivity index (χ2v) is 6.35. The van der Waals surface area contributed by atoms with Gasteiger partial charge in [0.25, 0.3) is 0 Å². The molecule has 0 bridgehead atoms. The lowest BCUT2D eigenvalue weighted by Gasteiger charge is -2.24. The van der Waals surface area contributed by atoms with E-state index in [0.29, 0.717) is 18.2 Å². The van der Waals surface area contributed by atoms with Gasteiger partial charge in [0.2, 0.25) is 0 Å². The molecule has 0 amide bonds. The molecule has 0 heterocycles. The molecule has 0 aliphatic heterocycles. The molecule has 0 saturated heterocycles. The van der Waals surface area contributed by atoms with Crippen molar-refractivity contribution in [1.82, 2.24) is 0 Å². The van der Waals surface area contributed by atoms with Crippen LogP contribution in [0.1, 0.15) is 32.0 Å². The van der Waals surface area contributed by atoms with Crippen molar-refractivity contribution in [2.75, 3.05) is 13.2 Å². The molecule has 17 heavy (non-hydrogen) atoms. The fourth-order valence-electron chi connectivity index (χ4n) is 1.61. The third-order valence-corrected chi connectivity index (χ3v) is 5.25. The fourth-order valence-corrected chi connectivity index (χ4v) is 3.79. The van der Waals surface area contributed by atoms with E-state index in [-0.39, 0.29) is 5.66 Å². The van der Waals surface area contributed by atoms with Crippen LogP contribution in [0.3, 0.4) is 0 Å². The molecule has 0 aromatic heterocycles. The standard InChI is InChI=1S/C12H18ClO3P/c1-4-15-17(14,16-5-2)10(3)11-8-6-7-9-12(11)13/h6-10H,4-5H2,1-3H3. The molecule has 3 nitrogen and oxygen atoms in total. The highest BCUT2D eigenvalue weighted by atomic mass is 35.5. The van der Waals surface area contributed by atoms with Crippen molar-refractivity contribution in [3.05, 3.63) is 34.9 Å². The first-order valence-corrected chi connectivity index (χ1v) is 7.67. The molecule has 5 heteroatoms. The van der Waals surface area contributed by atoms with Crippen LogP contribution in [-0.4, -0.2) is 13.2 Å². The minimum absolute atomic E-state index is 0.353. The molecular formula is C12H18ClO3P. The van der Waals surface area contributed by atoms with Crippen molar-refractivity contribution in [1.29, 1.82) is 0 Å². The SMILES string of the molecule is CCOP(=O)(OCC)C(C)c1ccccc1Cl. The van der Waals surface area contributed by atoms with E-state index >= 15 is 0 Å². The summed E-state index contributed by atoms with van der Waals surface area (Å²) >= 11 is 6.09. The zero-order chi connectivity index (χ0) is 12.9. The summed E-state index contributed by atoms with van der Waals surface area (Å²) in [5.41, 5.74) is 0.426. The van der Waals surface area contributed by atoms with Crippen molar-refractivity contribution < 1.29 is 13.6 Å². The van der Waals surface area contributed by atoms with Gasteiger partial charge in [-0.1, -0.05) is 29.8 Å². The molecule has 96 valence electrons. The van der Waals surface area contributed by atoms with Crippen molar-refractivity contribution in [3.8, 4) is 0 Å². The first-order valence-electron chi connectivity index (χ1n) is 5.68. The minimum Gasteiger partial charge on any atom is -0.308 e. The summed E-state index contributed by atoms with van der Waals surface area (Å²) < 4.78 is 23.2. The van der Waals surface area contributed by atoms with Crippen molar-refractivity contribution >= 4 is 19.2 Å². The van der Waals surface area contributed by atoms with Gasteiger partial charge in [-0.05, 0) is 32.4 Å². The Hall–Kier alpha value is -0.340. The Morgan fingerprint density at radius 3 is 2.24 bits per heavy atom. The van der Waals surface area contributed by atoms with Gasteiger partial charge < -0.3 is 9.05 Å². The fraction of sp³-hybridized carbons (Fsp3) is 0.500. The first kappa shape index (κ1) is 14.7. The third-order valence-electron chi connectivity index (χ3n) is 2.45. The van der Waals surface area contributed by atoms with E-state index in [9.17, 15) is 4.57 Å². The third kappa shape index (κ3) is 3.56. The predicted molar refractivity (Wildman–Crippen MR) is 70.7 cm³/mol. The summed E-state index contributed by atoms with van der Waals surface area (Å²) in [4.78, 5) is 0. The monoisotopic (exact) mass is 276 g/mol. The van der Waals surface area contributed by atoms with E-state index in [2.05, 4.69) is 0 Å². The van der Waals surface area contributed by atoms with Gasteiger partial charge in [-0.15, -0.1) is 0 Å². The van der Waals surface area contributed by atoms with Gasteiger partial charge in [0.15, 0.2) is 0 Å². The van der Waals surface area contributed by atoms with E-state index < -0.39 is 7.60 Å². The van der Waals surface area contributed by atoms with E-state index in [1.165, 1.54) is 0 Å². The zero-order valence-corrected chi connectivity index (χ0v) is 12.0. The Balaban J connectivity index is 3.04. The van der Waals surface area contributed by atoms with Crippen LogP contribution in [0.15, 0.2) is 24.3 Å². The van der Waals surface area contributed by atoms with E-state index in [1.807, 2.05) is 25.1 Å². The van der Waals surface area contributed by atoms with Crippen LogP contribution in [0.4, 0.5) is 0 Å². The van der Waals surface area contributed by atoms with Crippen molar-refractivity contribution in [2.24, 2.45) is 0 Å². The van der Waals surface area contributed by atoms with Crippen LogP contribution < -0.4 is 0 Å². The van der Waals surface area contributed by atoms with E-state index in [4.69, 9.17) is 20.6 Å². The van der Waals surface area contributed by atoms with Crippen LogP contribution >= 0.6 is 19.2 Å². The van der Waals surface area contributed by atoms with Gasteiger partial charge >= 0.3 is 7.60 Å². The average Bonchev–Trinajstić information content (AvgIpc) is 2.29. The summed E-state index contributed by atoms with van der Waals surface area (Å²) in [5.74, 6) is 0. The largest absolute Gasteiger partial charge is 0.337 e. The maximum absolute atomic E-state index is 12.6. The van der Waals surface area contributed by atoms with Gasteiger partial charge in [0, 0.05) is 5.02 Å². The van der Waals surface area contributed by atoms with Crippen molar-refractivity contribution in [3.63, 3.8) is 0 Å². The maximum Gasteiger partial charge on any atom is 0.337 e. The lowest BCUT2D eigenvalue weighted by Crippen LogP contribution is -2.04. The molecule has 1 unspecified atom stereocenters. The Morgan fingerprint density at radius 1 is 1.24 bits per heavy atom. The summed E-state index contributed by atoms with van der Waals surface area (Å²) in [6.45, 7) is 6.11. The first-order chi connectivity index (χ1) is 8.05. The molecular weight excluding hydrogens is 259 g/mol. The number of hydrogen-bond donors (Lipinski definition) is 0. The van der Waals surface area contributed by atoms with Gasteiger partial charge in [-0.3, -0.25) is 4.57 Å². The number of rotatable bonds is 6. The van der Waals surface area contributed by atoms with Crippen molar-refractivity contribution in [2.45, 2.75) is 26.4 Å². The molecule has 1 aromatic carbocycles. The van der Waals surface area contributed by atoms with E-state index in [1.54, 1.807) is 19.9 Å². The normalized spacial score (nSPS) is 13.6. The molecule has 0 N–H and O–H groups in total. The number of benzene rings is 1. The van der Waals surface area contributed by atoms with Crippen LogP contribution in [0, 0.1) is 0 Å². The number of hydrogen-bond acceptors (Lipinski definition) is 3. The molecule has 0 aliphatic rings. The summed E-state index contributed by atoms with van der Waals surface area (Å²) in [5, 5.41) is 0.583. The van der Waals surface area contributed by atoms with Gasteiger partial charge in [0.05, 0.1) is 18.9 Å². The highest BCUT2D eigenvalue weighted by Gasteiger charge is 2.34. The molecule has 0 radical (unpaired) electrons. The average molecular weight is 277 g/mol. The second-order valence-electron chi connectivity index (χ2n) is 3.57. The van der Waals surface area contributed by atoms with Gasteiger partial charge in [0.1, 0.15) is 0 Å². The van der Waals surface area contributed by atoms with Crippen LogP contribution in [0.25, 0.3) is 0 Å². The Bertz CT molecular complexity index is 398. The quantitative estimate of drug-likeness (QED) is 0.709. The molecule has 0 saturated carbocycles. The molecule has 0 fully saturated rings. The van der Waals surface area contributed by atoms with Crippen LogP contribution in [-0.2, 0) is 13.6 Å². The molecule has 0 aliphatic carbocycles. The Labute approximate surface area is 108 Å². The molecule has 1 rings (SSSR count). The summed E-state index contributed by atoms with van der Waals surface area (Å²) in [6, 6.07) is 7.32. The summed E-state index contributed by atoms with van der Waals surface area (Å²) in [6.07, 6.45) is 0. The second kappa shape index (κ2) is 6.55. The Morgan fingerprint density at radius 2 is 1.76 bits per heavy atom. The minimum atomic E-state index is -3.14. The Kier molecular flexibility index (Phi) is 5.68. The maximum atomic E-state index is 12.6. The van der Waals surface area contributed by atoms with E-state index in [0.717, 1.165) is 5.56 Å². The van der Waals surface area contributed by atoms with Crippen LogP contribution in [0.2, 0.25) is 5.02 Å². The molecule has 0 spiro atoms. The highest BCUT2D eigenvalue weighted by molar-refractivity contribution is 7.54. The predicted octanol–water partition coefficient (Wildman–Crippen LogP) is 4.67. The molecule has 1 aromatic rings. The summed E-state index contributed by atoms with van der Waals surface area (Å²) in [7, 11) is -3.14. The number of halogens is 1. The topological polar surface area (TPSA) is 35.5 Å². The molecule has 1 atom stereocenters. The van der Waals surface area contributed by atoms with Gasteiger partial charge in [-0.2, -0.15) is 0 Å². The highest BCUT2D eigenvalue weighted by Crippen LogP contribution is 2.61.